The third-order valence-corrected chi connectivity index (χ3v) is 2.09. The Morgan fingerprint density at radius 3 is 2.75 bits per heavy atom. The van der Waals surface area contributed by atoms with Gasteiger partial charge in [0.25, 0.3) is 0 Å². The highest BCUT2D eigenvalue weighted by Gasteiger charge is 2.12. The summed E-state index contributed by atoms with van der Waals surface area (Å²) in [6.45, 7) is 5.57. The van der Waals surface area contributed by atoms with E-state index < -0.39 is 5.97 Å². The fraction of sp³-hybridized carbons (Fsp3) is 0.500. The molecule has 0 spiro atoms. The summed E-state index contributed by atoms with van der Waals surface area (Å²) in [6.07, 6.45) is 1.73. The summed E-state index contributed by atoms with van der Waals surface area (Å²) in [6, 6.07) is 5.68. The maximum atomic E-state index is 10.7. The number of pyridine rings is 1. The molecule has 0 amide bonds. The van der Waals surface area contributed by atoms with Crippen molar-refractivity contribution in [3.8, 4) is 0 Å². The van der Waals surface area contributed by atoms with Crippen molar-refractivity contribution in [1.29, 1.82) is 0 Å². The van der Waals surface area contributed by atoms with Crippen LogP contribution in [-0.2, 0) is 11.3 Å². The maximum Gasteiger partial charge on any atom is 0.317 e. The van der Waals surface area contributed by atoms with Crippen molar-refractivity contribution in [1.82, 2.24) is 9.88 Å². The van der Waals surface area contributed by atoms with Crippen molar-refractivity contribution in [3.63, 3.8) is 0 Å². The molecule has 0 aliphatic rings. The monoisotopic (exact) mass is 222 g/mol. The Morgan fingerprint density at radius 1 is 1.50 bits per heavy atom. The van der Waals surface area contributed by atoms with Gasteiger partial charge in [0.1, 0.15) is 0 Å². The van der Waals surface area contributed by atoms with Crippen molar-refractivity contribution in [2.75, 3.05) is 13.1 Å². The van der Waals surface area contributed by atoms with Gasteiger partial charge in [-0.25, -0.2) is 0 Å². The Bertz CT molecular complexity index is 325. The molecule has 0 aromatic carbocycles. The van der Waals surface area contributed by atoms with Crippen LogP contribution in [0.25, 0.3) is 0 Å². The zero-order chi connectivity index (χ0) is 12.0. The van der Waals surface area contributed by atoms with Crippen molar-refractivity contribution in [3.05, 3.63) is 30.1 Å². The lowest BCUT2D eigenvalue weighted by molar-refractivity contribution is -0.138. The van der Waals surface area contributed by atoms with E-state index in [4.69, 9.17) is 5.11 Å². The number of hydrogen-bond acceptors (Lipinski definition) is 3. The predicted molar refractivity (Wildman–Crippen MR) is 62.0 cm³/mol. The average Bonchev–Trinajstić information content (AvgIpc) is 2.16. The van der Waals surface area contributed by atoms with E-state index in [-0.39, 0.29) is 6.54 Å². The summed E-state index contributed by atoms with van der Waals surface area (Å²) in [5.41, 5.74) is 0.907. The fourth-order valence-corrected chi connectivity index (χ4v) is 1.61. The average molecular weight is 222 g/mol. The van der Waals surface area contributed by atoms with Crippen LogP contribution < -0.4 is 0 Å². The zero-order valence-electron chi connectivity index (χ0n) is 9.76. The molecule has 1 aromatic heterocycles. The van der Waals surface area contributed by atoms with Crippen molar-refractivity contribution >= 4 is 5.97 Å². The van der Waals surface area contributed by atoms with Gasteiger partial charge in [-0.05, 0) is 18.1 Å². The van der Waals surface area contributed by atoms with Crippen LogP contribution in [0.1, 0.15) is 19.5 Å². The standard InChI is InChI=1S/C12H18N2O2/c1-10(2)7-14(9-12(15)16)8-11-5-3-4-6-13-11/h3-6,10H,7-9H2,1-2H3,(H,15,16). The molecular formula is C12H18N2O2. The first-order valence-corrected chi connectivity index (χ1v) is 5.42. The van der Waals surface area contributed by atoms with Crippen molar-refractivity contribution < 1.29 is 9.90 Å². The molecule has 1 aromatic rings. The lowest BCUT2D eigenvalue weighted by atomic mass is 10.2. The zero-order valence-corrected chi connectivity index (χ0v) is 9.76. The largest absolute Gasteiger partial charge is 0.480 e. The molecule has 1 N–H and O–H groups in total. The first kappa shape index (κ1) is 12.6. The van der Waals surface area contributed by atoms with E-state index in [1.807, 2.05) is 23.1 Å². The van der Waals surface area contributed by atoms with Gasteiger partial charge >= 0.3 is 5.97 Å². The molecule has 0 aliphatic heterocycles. The molecule has 0 unspecified atom stereocenters. The van der Waals surface area contributed by atoms with E-state index in [2.05, 4.69) is 18.8 Å². The van der Waals surface area contributed by atoms with E-state index in [1.165, 1.54) is 0 Å². The lowest BCUT2D eigenvalue weighted by Crippen LogP contribution is -2.32. The van der Waals surface area contributed by atoms with Crippen LogP contribution in [0.3, 0.4) is 0 Å². The summed E-state index contributed by atoms with van der Waals surface area (Å²) < 4.78 is 0. The van der Waals surface area contributed by atoms with Gasteiger partial charge in [0.15, 0.2) is 0 Å². The Morgan fingerprint density at radius 2 is 2.25 bits per heavy atom. The number of carboxylic acids is 1. The topological polar surface area (TPSA) is 53.4 Å². The Balaban J connectivity index is 2.59. The van der Waals surface area contributed by atoms with Crippen molar-refractivity contribution in [2.45, 2.75) is 20.4 Å². The first-order valence-electron chi connectivity index (χ1n) is 5.42. The molecule has 0 bridgehead atoms. The van der Waals surface area contributed by atoms with Crippen LogP contribution in [0.5, 0.6) is 0 Å². The Kier molecular flexibility index (Phi) is 4.92. The maximum absolute atomic E-state index is 10.7. The molecule has 1 rings (SSSR count). The number of carboxylic acid groups (broad SMARTS) is 1. The predicted octanol–water partition coefficient (Wildman–Crippen LogP) is 1.62. The van der Waals surface area contributed by atoms with E-state index >= 15 is 0 Å². The number of nitrogens with zero attached hydrogens (tertiary/aromatic N) is 2. The minimum absolute atomic E-state index is 0.0642. The quantitative estimate of drug-likeness (QED) is 0.794. The molecule has 1 heterocycles. The van der Waals surface area contributed by atoms with Gasteiger partial charge in [0.2, 0.25) is 0 Å². The second kappa shape index (κ2) is 6.23. The van der Waals surface area contributed by atoms with E-state index in [1.54, 1.807) is 6.20 Å². The van der Waals surface area contributed by atoms with Gasteiger partial charge in [-0.2, -0.15) is 0 Å². The van der Waals surface area contributed by atoms with Crippen LogP contribution in [0.4, 0.5) is 0 Å². The van der Waals surface area contributed by atoms with Gasteiger partial charge in [0, 0.05) is 19.3 Å². The highest BCUT2D eigenvalue weighted by atomic mass is 16.4. The number of aromatic nitrogens is 1. The first-order chi connectivity index (χ1) is 7.58. The summed E-state index contributed by atoms with van der Waals surface area (Å²) in [5, 5.41) is 8.81. The van der Waals surface area contributed by atoms with Crippen LogP contribution in [0.15, 0.2) is 24.4 Å². The molecule has 0 saturated carbocycles. The molecule has 4 heteroatoms. The molecule has 16 heavy (non-hydrogen) atoms. The number of rotatable bonds is 6. The van der Waals surface area contributed by atoms with E-state index in [0.29, 0.717) is 12.5 Å². The van der Waals surface area contributed by atoms with Gasteiger partial charge in [-0.1, -0.05) is 19.9 Å². The molecule has 0 fully saturated rings. The van der Waals surface area contributed by atoms with Gasteiger partial charge in [-0.3, -0.25) is 14.7 Å². The molecule has 0 saturated heterocycles. The highest BCUT2D eigenvalue weighted by molar-refractivity contribution is 5.69. The number of aliphatic carboxylic acids is 1. The SMILES string of the molecule is CC(C)CN(CC(=O)O)Cc1ccccn1. The smallest absolute Gasteiger partial charge is 0.317 e. The normalized spacial score (nSPS) is 11.0. The minimum atomic E-state index is -0.795. The number of hydrogen-bond donors (Lipinski definition) is 1. The minimum Gasteiger partial charge on any atom is -0.480 e. The summed E-state index contributed by atoms with van der Waals surface area (Å²) in [7, 11) is 0. The van der Waals surface area contributed by atoms with Crippen LogP contribution >= 0.6 is 0 Å². The summed E-state index contributed by atoms with van der Waals surface area (Å²) in [4.78, 5) is 16.8. The molecular weight excluding hydrogens is 204 g/mol. The summed E-state index contributed by atoms with van der Waals surface area (Å²) >= 11 is 0. The van der Waals surface area contributed by atoms with Gasteiger partial charge in [0.05, 0.1) is 12.2 Å². The Hall–Kier alpha value is -1.42. The molecule has 4 nitrogen and oxygen atoms in total. The fourth-order valence-electron chi connectivity index (χ4n) is 1.61. The van der Waals surface area contributed by atoms with Crippen LogP contribution in [-0.4, -0.2) is 34.0 Å². The second-order valence-corrected chi connectivity index (χ2v) is 4.28. The van der Waals surface area contributed by atoms with Crippen LogP contribution in [0.2, 0.25) is 0 Å². The molecule has 0 atom stereocenters. The molecule has 88 valence electrons. The van der Waals surface area contributed by atoms with Crippen LogP contribution in [0, 0.1) is 5.92 Å². The third kappa shape index (κ3) is 4.89. The van der Waals surface area contributed by atoms with Gasteiger partial charge < -0.3 is 5.11 Å². The van der Waals surface area contributed by atoms with Gasteiger partial charge in [-0.15, -0.1) is 0 Å². The second-order valence-electron chi connectivity index (χ2n) is 4.28. The van der Waals surface area contributed by atoms with E-state index in [0.717, 1.165) is 12.2 Å². The summed E-state index contributed by atoms with van der Waals surface area (Å²) in [5.74, 6) is -0.348. The molecule has 0 aliphatic carbocycles. The highest BCUT2D eigenvalue weighted by Crippen LogP contribution is 2.04. The molecule has 0 radical (unpaired) electrons. The van der Waals surface area contributed by atoms with E-state index in [9.17, 15) is 4.79 Å². The Labute approximate surface area is 95.9 Å². The van der Waals surface area contributed by atoms with Crippen molar-refractivity contribution in [2.24, 2.45) is 5.92 Å². The lowest BCUT2D eigenvalue weighted by Gasteiger charge is -2.21. The number of carbonyl (C=O) groups is 1. The third-order valence-electron chi connectivity index (χ3n) is 2.09.